The summed E-state index contributed by atoms with van der Waals surface area (Å²) in [6.45, 7) is 4.06. The maximum absolute atomic E-state index is 9.93. The van der Waals surface area contributed by atoms with Crippen LogP contribution in [0.25, 0.3) is 11.3 Å². The molecule has 1 aromatic heterocycles. The SMILES string of the molecule is COc1ccc(-c2nc(SC)nc(N3CCCC(C)C3)c2C#N)cc1OC. The van der Waals surface area contributed by atoms with Crippen LogP contribution in [0.1, 0.15) is 25.3 Å². The second kappa shape index (κ2) is 8.49. The maximum Gasteiger partial charge on any atom is 0.189 e. The van der Waals surface area contributed by atoms with E-state index in [9.17, 15) is 5.26 Å². The number of aromatic nitrogens is 2. The summed E-state index contributed by atoms with van der Waals surface area (Å²) >= 11 is 1.48. The third-order valence-corrected chi connectivity index (χ3v) is 5.33. The lowest BCUT2D eigenvalue weighted by molar-refractivity contribution is 0.355. The molecule has 1 unspecified atom stereocenters. The molecule has 2 heterocycles. The fraction of sp³-hybridized carbons (Fsp3) is 0.450. The van der Waals surface area contributed by atoms with E-state index in [1.165, 1.54) is 18.2 Å². The number of piperidine rings is 1. The molecule has 7 heteroatoms. The van der Waals surface area contributed by atoms with E-state index in [1.807, 2.05) is 24.5 Å². The largest absolute Gasteiger partial charge is 0.493 e. The van der Waals surface area contributed by atoms with Crippen LogP contribution < -0.4 is 14.4 Å². The lowest BCUT2D eigenvalue weighted by Gasteiger charge is -2.32. The Labute approximate surface area is 164 Å². The van der Waals surface area contributed by atoms with Crippen LogP contribution in [-0.2, 0) is 0 Å². The minimum atomic E-state index is 0.508. The molecule has 0 aliphatic carbocycles. The zero-order chi connectivity index (χ0) is 19.4. The molecule has 0 spiro atoms. The Morgan fingerprint density at radius 3 is 2.63 bits per heavy atom. The van der Waals surface area contributed by atoms with E-state index in [2.05, 4.69) is 27.9 Å². The molecule has 2 aromatic rings. The molecule has 27 heavy (non-hydrogen) atoms. The van der Waals surface area contributed by atoms with Gasteiger partial charge in [-0.25, -0.2) is 9.97 Å². The molecule has 6 nitrogen and oxygen atoms in total. The van der Waals surface area contributed by atoms with Crippen molar-refractivity contribution in [2.45, 2.75) is 24.9 Å². The summed E-state index contributed by atoms with van der Waals surface area (Å²) in [7, 11) is 3.20. The number of anilines is 1. The van der Waals surface area contributed by atoms with E-state index in [-0.39, 0.29) is 0 Å². The van der Waals surface area contributed by atoms with Crippen molar-refractivity contribution >= 4 is 17.6 Å². The second-order valence-electron chi connectivity index (χ2n) is 6.63. The average Bonchev–Trinajstić information content (AvgIpc) is 2.72. The number of hydrogen-bond acceptors (Lipinski definition) is 7. The molecule has 1 aliphatic rings. The molecule has 1 saturated heterocycles. The van der Waals surface area contributed by atoms with Crippen LogP contribution in [0.3, 0.4) is 0 Å². The summed E-state index contributed by atoms with van der Waals surface area (Å²) in [5.41, 5.74) is 1.95. The first kappa shape index (κ1) is 19.3. The van der Waals surface area contributed by atoms with Gasteiger partial charge < -0.3 is 14.4 Å². The number of nitriles is 1. The van der Waals surface area contributed by atoms with Crippen LogP contribution >= 0.6 is 11.8 Å². The van der Waals surface area contributed by atoms with Crippen molar-refractivity contribution in [3.8, 4) is 28.8 Å². The number of nitrogens with zero attached hydrogens (tertiary/aromatic N) is 4. The lowest BCUT2D eigenvalue weighted by Crippen LogP contribution is -2.35. The summed E-state index contributed by atoms with van der Waals surface area (Å²) in [6, 6.07) is 7.93. The molecular formula is C20H24N4O2S. The molecular weight excluding hydrogens is 360 g/mol. The van der Waals surface area contributed by atoms with E-state index >= 15 is 0 Å². The van der Waals surface area contributed by atoms with Crippen molar-refractivity contribution in [1.29, 1.82) is 5.26 Å². The second-order valence-corrected chi connectivity index (χ2v) is 7.41. The number of benzene rings is 1. The number of hydrogen-bond donors (Lipinski definition) is 0. The van der Waals surface area contributed by atoms with Gasteiger partial charge in [0.05, 0.1) is 19.9 Å². The summed E-state index contributed by atoms with van der Waals surface area (Å²) < 4.78 is 10.7. The highest BCUT2D eigenvalue weighted by molar-refractivity contribution is 7.98. The van der Waals surface area contributed by atoms with Gasteiger partial charge in [-0.1, -0.05) is 18.7 Å². The Bertz CT molecular complexity index is 866. The van der Waals surface area contributed by atoms with Gasteiger partial charge in [0.2, 0.25) is 0 Å². The van der Waals surface area contributed by atoms with Crippen LogP contribution in [0.15, 0.2) is 23.4 Å². The molecule has 1 atom stereocenters. The molecule has 3 rings (SSSR count). The monoisotopic (exact) mass is 384 g/mol. The van der Waals surface area contributed by atoms with Gasteiger partial charge >= 0.3 is 0 Å². The molecule has 0 radical (unpaired) electrons. The van der Waals surface area contributed by atoms with Gasteiger partial charge in [0.15, 0.2) is 22.5 Å². The van der Waals surface area contributed by atoms with Gasteiger partial charge in [0.25, 0.3) is 0 Å². The fourth-order valence-electron chi connectivity index (χ4n) is 3.43. The first-order chi connectivity index (χ1) is 13.1. The zero-order valence-electron chi connectivity index (χ0n) is 16.2. The molecule has 1 aromatic carbocycles. The van der Waals surface area contributed by atoms with Crippen molar-refractivity contribution in [1.82, 2.24) is 9.97 Å². The summed E-state index contributed by atoms with van der Waals surface area (Å²) in [4.78, 5) is 11.5. The molecule has 0 amide bonds. The van der Waals surface area contributed by atoms with Gasteiger partial charge in [-0.3, -0.25) is 0 Å². The molecule has 0 bridgehead atoms. The molecule has 0 saturated carbocycles. The standard InChI is InChI=1S/C20H24N4O2S/c1-13-6-5-9-24(12-13)19-15(11-21)18(22-20(23-19)27-4)14-7-8-16(25-2)17(10-14)26-3/h7-8,10,13H,5-6,9,12H2,1-4H3. The van der Waals surface area contributed by atoms with Crippen LogP contribution in [0.2, 0.25) is 0 Å². The quantitative estimate of drug-likeness (QED) is 0.570. The van der Waals surface area contributed by atoms with Crippen LogP contribution in [-0.4, -0.2) is 43.5 Å². The number of rotatable bonds is 5. The minimum absolute atomic E-state index is 0.508. The Hall–Kier alpha value is -2.46. The zero-order valence-corrected chi connectivity index (χ0v) is 17.0. The highest BCUT2D eigenvalue weighted by atomic mass is 32.2. The number of ether oxygens (including phenoxy) is 2. The third-order valence-electron chi connectivity index (χ3n) is 4.78. The van der Waals surface area contributed by atoms with Crippen molar-refractivity contribution in [2.24, 2.45) is 5.92 Å². The normalized spacial score (nSPS) is 16.7. The van der Waals surface area contributed by atoms with Gasteiger partial charge in [-0.15, -0.1) is 0 Å². The van der Waals surface area contributed by atoms with Crippen LogP contribution in [0, 0.1) is 17.2 Å². The minimum Gasteiger partial charge on any atom is -0.493 e. The highest BCUT2D eigenvalue weighted by Gasteiger charge is 2.24. The molecule has 1 fully saturated rings. The highest BCUT2D eigenvalue weighted by Crippen LogP contribution is 2.36. The van der Waals surface area contributed by atoms with Gasteiger partial charge in [-0.05, 0) is 43.2 Å². The lowest BCUT2D eigenvalue weighted by atomic mass is 9.99. The molecule has 1 aliphatic heterocycles. The Kier molecular flexibility index (Phi) is 6.07. The van der Waals surface area contributed by atoms with Crippen molar-refractivity contribution in [3.05, 3.63) is 23.8 Å². The predicted octanol–water partition coefficient (Wildman–Crippen LogP) is 3.99. The van der Waals surface area contributed by atoms with E-state index < -0.39 is 0 Å². The Morgan fingerprint density at radius 2 is 2.00 bits per heavy atom. The third kappa shape index (κ3) is 3.96. The summed E-state index contributed by atoms with van der Waals surface area (Å²) in [5.74, 6) is 2.57. The van der Waals surface area contributed by atoms with Gasteiger partial charge in [0.1, 0.15) is 11.6 Å². The van der Waals surface area contributed by atoms with Gasteiger partial charge in [-0.2, -0.15) is 5.26 Å². The van der Waals surface area contributed by atoms with E-state index in [0.717, 1.165) is 30.9 Å². The van der Waals surface area contributed by atoms with Crippen LogP contribution in [0.5, 0.6) is 11.5 Å². The van der Waals surface area contributed by atoms with E-state index in [4.69, 9.17) is 9.47 Å². The number of methoxy groups -OCH3 is 2. The van der Waals surface area contributed by atoms with E-state index in [1.54, 1.807) is 14.2 Å². The van der Waals surface area contributed by atoms with Crippen molar-refractivity contribution < 1.29 is 9.47 Å². The summed E-state index contributed by atoms with van der Waals surface area (Å²) in [5, 5.41) is 10.6. The summed E-state index contributed by atoms with van der Waals surface area (Å²) in [6.07, 6.45) is 4.26. The molecule has 0 N–H and O–H groups in total. The predicted molar refractivity (Wildman–Crippen MR) is 108 cm³/mol. The molecule has 142 valence electrons. The van der Waals surface area contributed by atoms with Crippen molar-refractivity contribution in [2.75, 3.05) is 38.5 Å². The first-order valence-electron chi connectivity index (χ1n) is 8.94. The Morgan fingerprint density at radius 1 is 1.22 bits per heavy atom. The fourth-order valence-corrected chi connectivity index (χ4v) is 3.79. The van der Waals surface area contributed by atoms with Crippen LogP contribution in [0.4, 0.5) is 5.82 Å². The number of thioether (sulfide) groups is 1. The maximum atomic E-state index is 9.93. The topological polar surface area (TPSA) is 71.3 Å². The van der Waals surface area contributed by atoms with E-state index in [0.29, 0.717) is 33.8 Å². The smallest absolute Gasteiger partial charge is 0.189 e. The first-order valence-corrected chi connectivity index (χ1v) is 10.2. The average molecular weight is 385 g/mol. The Balaban J connectivity index is 2.15. The van der Waals surface area contributed by atoms with Gasteiger partial charge in [0, 0.05) is 18.7 Å². The van der Waals surface area contributed by atoms with Crippen molar-refractivity contribution in [3.63, 3.8) is 0 Å².